The number of methoxy groups -OCH3 is 1. The van der Waals surface area contributed by atoms with Crippen LogP contribution in [0.15, 0.2) is 47.4 Å². The van der Waals surface area contributed by atoms with Crippen LogP contribution in [0.2, 0.25) is 0 Å². The van der Waals surface area contributed by atoms with Gasteiger partial charge in [-0.2, -0.15) is 0 Å². The van der Waals surface area contributed by atoms with Gasteiger partial charge in [-0.25, -0.2) is 8.42 Å². The average Bonchev–Trinajstić information content (AvgIpc) is 2.41. The second-order valence-electron chi connectivity index (χ2n) is 4.59. The van der Waals surface area contributed by atoms with Gasteiger partial charge in [-0.05, 0) is 30.2 Å². The highest BCUT2D eigenvalue weighted by atomic mass is 32.2. The van der Waals surface area contributed by atoms with E-state index >= 15 is 0 Å². The van der Waals surface area contributed by atoms with Gasteiger partial charge >= 0.3 is 0 Å². The fourth-order valence-corrected chi connectivity index (χ4v) is 3.58. The van der Waals surface area contributed by atoms with Gasteiger partial charge in [0.25, 0.3) is 0 Å². The number of nitrogen functional groups attached to an aromatic ring is 1. The van der Waals surface area contributed by atoms with Crippen molar-refractivity contribution in [2.24, 2.45) is 0 Å². The van der Waals surface area contributed by atoms with Crippen molar-refractivity contribution < 1.29 is 13.2 Å². The van der Waals surface area contributed by atoms with Crippen LogP contribution in [0.4, 0.5) is 5.69 Å². The number of hydrogen-bond acceptors (Lipinski definition) is 4. The first-order valence-corrected chi connectivity index (χ1v) is 7.80. The van der Waals surface area contributed by atoms with Crippen LogP contribution in [-0.2, 0) is 15.6 Å². The van der Waals surface area contributed by atoms with Gasteiger partial charge in [-0.3, -0.25) is 0 Å². The van der Waals surface area contributed by atoms with E-state index in [0.717, 1.165) is 11.1 Å². The topological polar surface area (TPSA) is 69.4 Å². The number of hydrogen-bond donors (Lipinski definition) is 1. The molecule has 0 unspecified atom stereocenters. The highest BCUT2D eigenvalue weighted by Gasteiger charge is 2.20. The zero-order valence-electron chi connectivity index (χ0n) is 11.5. The van der Waals surface area contributed by atoms with Crippen LogP contribution < -0.4 is 10.5 Å². The lowest BCUT2D eigenvalue weighted by atomic mass is 10.1. The van der Waals surface area contributed by atoms with Gasteiger partial charge in [-0.15, -0.1) is 0 Å². The summed E-state index contributed by atoms with van der Waals surface area (Å²) < 4.78 is 30.1. The predicted octanol–water partition coefficient (Wildman–Crippen LogP) is 2.56. The van der Waals surface area contributed by atoms with Crippen molar-refractivity contribution in [2.45, 2.75) is 17.6 Å². The van der Waals surface area contributed by atoms with Gasteiger partial charge in [0, 0.05) is 6.07 Å². The quantitative estimate of drug-likeness (QED) is 0.879. The molecular formula is C15H17NO3S. The van der Waals surface area contributed by atoms with Crippen molar-refractivity contribution >= 4 is 15.5 Å². The largest absolute Gasteiger partial charge is 0.497 e. The van der Waals surface area contributed by atoms with E-state index in [-0.39, 0.29) is 16.3 Å². The smallest absolute Gasteiger partial charge is 0.184 e. The Morgan fingerprint density at radius 1 is 1.15 bits per heavy atom. The first-order chi connectivity index (χ1) is 9.44. The molecule has 0 aliphatic carbocycles. The highest BCUT2D eigenvalue weighted by Crippen LogP contribution is 2.27. The van der Waals surface area contributed by atoms with E-state index in [0.29, 0.717) is 5.75 Å². The van der Waals surface area contributed by atoms with Gasteiger partial charge in [-0.1, -0.05) is 24.3 Å². The van der Waals surface area contributed by atoms with Crippen LogP contribution >= 0.6 is 0 Å². The zero-order valence-corrected chi connectivity index (χ0v) is 12.3. The SMILES string of the molecule is COc1ccc(N)c(S(=O)(=O)Cc2ccccc2C)c1. The average molecular weight is 291 g/mol. The summed E-state index contributed by atoms with van der Waals surface area (Å²) in [5.41, 5.74) is 7.74. The molecule has 0 saturated carbocycles. The summed E-state index contributed by atoms with van der Waals surface area (Å²) in [5.74, 6) is 0.402. The summed E-state index contributed by atoms with van der Waals surface area (Å²) in [5, 5.41) is 0. The molecule has 0 aromatic heterocycles. The Morgan fingerprint density at radius 3 is 2.50 bits per heavy atom. The van der Waals surface area contributed by atoms with E-state index < -0.39 is 9.84 Å². The predicted molar refractivity (Wildman–Crippen MR) is 79.5 cm³/mol. The van der Waals surface area contributed by atoms with Crippen molar-refractivity contribution in [2.75, 3.05) is 12.8 Å². The molecule has 0 aliphatic heterocycles. The minimum absolute atomic E-state index is 0.0724. The minimum atomic E-state index is -3.50. The van der Waals surface area contributed by atoms with Crippen molar-refractivity contribution in [1.29, 1.82) is 0 Å². The van der Waals surface area contributed by atoms with Gasteiger partial charge in [0.15, 0.2) is 9.84 Å². The Morgan fingerprint density at radius 2 is 1.85 bits per heavy atom. The number of anilines is 1. The molecule has 2 N–H and O–H groups in total. The van der Waals surface area contributed by atoms with Crippen LogP contribution in [0, 0.1) is 6.92 Å². The summed E-state index contributed by atoms with van der Waals surface area (Å²) in [6.07, 6.45) is 0. The van der Waals surface area contributed by atoms with Crippen LogP contribution in [0.5, 0.6) is 5.75 Å². The summed E-state index contributed by atoms with van der Waals surface area (Å²) in [7, 11) is -2.01. The molecule has 0 amide bonds. The standard InChI is InChI=1S/C15H17NO3S/c1-11-5-3-4-6-12(11)10-20(17,18)15-9-13(19-2)7-8-14(15)16/h3-9H,10,16H2,1-2H3. The molecule has 0 aliphatic rings. The molecule has 0 heterocycles. The van der Waals surface area contributed by atoms with E-state index in [1.54, 1.807) is 12.1 Å². The fraction of sp³-hybridized carbons (Fsp3) is 0.200. The van der Waals surface area contributed by atoms with E-state index in [4.69, 9.17) is 10.5 Å². The molecule has 5 heteroatoms. The third kappa shape index (κ3) is 2.93. The van der Waals surface area contributed by atoms with E-state index in [9.17, 15) is 8.42 Å². The number of nitrogens with two attached hydrogens (primary N) is 1. The molecule has 2 aromatic carbocycles. The molecule has 0 fully saturated rings. The van der Waals surface area contributed by atoms with E-state index in [2.05, 4.69) is 0 Å². The van der Waals surface area contributed by atoms with Gasteiger partial charge in [0.2, 0.25) is 0 Å². The van der Waals surface area contributed by atoms with E-state index in [1.807, 2.05) is 31.2 Å². The van der Waals surface area contributed by atoms with Crippen molar-refractivity contribution in [3.8, 4) is 5.75 Å². The monoisotopic (exact) mass is 291 g/mol. The highest BCUT2D eigenvalue weighted by molar-refractivity contribution is 7.90. The van der Waals surface area contributed by atoms with Crippen molar-refractivity contribution in [3.63, 3.8) is 0 Å². The molecule has 2 aromatic rings. The Hall–Kier alpha value is -2.01. The lowest BCUT2D eigenvalue weighted by Crippen LogP contribution is -2.09. The zero-order chi connectivity index (χ0) is 14.8. The lowest BCUT2D eigenvalue weighted by molar-refractivity contribution is 0.413. The number of sulfone groups is 1. The van der Waals surface area contributed by atoms with Crippen molar-refractivity contribution in [3.05, 3.63) is 53.6 Å². The molecule has 0 bridgehead atoms. The number of benzene rings is 2. The van der Waals surface area contributed by atoms with Crippen molar-refractivity contribution in [1.82, 2.24) is 0 Å². The maximum Gasteiger partial charge on any atom is 0.184 e. The first kappa shape index (κ1) is 14.4. The molecule has 20 heavy (non-hydrogen) atoms. The molecule has 0 atom stereocenters. The van der Waals surface area contributed by atoms with Gasteiger partial charge in [0.05, 0.1) is 23.4 Å². The maximum atomic E-state index is 12.5. The van der Waals surface area contributed by atoms with Crippen LogP contribution in [-0.4, -0.2) is 15.5 Å². The minimum Gasteiger partial charge on any atom is -0.497 e. The van der Waals surface area contributed by atoms with Crippen LogP contribution in [0.1, 0.15) is 11.1 Å². The Balaban J connectivity index is 2.43. The fourth-order valence-electron chi connectivity index (χ4n) is 1.97. The third-order valence-corrected chi connectivity index (χ3v) is 4.88. The molecule has 106 valence electrons. The molecular weight excluding hydrogens is 274 g/mol. The third-order valence-electron chi connectivity index (χ3n) is 3.16. The molecule has 2 rings (SSSR count). The molecule has 0 spiro atoms. The van der Waals surface area contributed by atoms with Crippen LogP contribution in [0.25, 0.3) is 0 Å². The summed E-state index contributed by atoms with van der Waals surface area (Å²) in [6.45, 7) is 1.89. The number of aryl methyl sites for hydroxylation is 1. The maximum absolute atomic E-state index is 12.5. The Bertz CT molecular complexity index is 724. The van der Waals surface area contributed by atoms with Gasteiger partial charge in [0.1, 0.15) is 5.75 Å². The molecule has 4 nitrogen and oxygen atoms in total. The molecule has 0 saturated heterocycles. The van der Waals surface area contributed by atoms with Gasteiger partial charge < -0.3 is 10.5 Å². The normalized spacial score (nSPS) is 11.3. The summed E-state index contributed by atoms with van der Waals surface area (Å²) in [6, 6.07) is 12.1. The van der Waals surface area contributed by atoms with E-state index in [1.165, 1.54) is 13.2 Å². The number of rotatable bonds is 4. The Labute approximate surface area is 119 Å². The molecule has 0 radical (unpaired) electrons. The second kappa shape index (κ2) is 5.54. The summed E-state index contributed by atoms with van der Waals surface area (Å²) in [4.78, 5) is 0.111. The number of ether oxygens (including phenoxy) is 1. The first-order valence-electron chi connectivity index (χ1n) is 6.15. The lowest BCUT2D eigenvalue weighted by Gasteiger charge is -2.11. The Kier molecular flexibility index (Phi) is 3.99. The summed E-state index contributed by atoms with van der Waals surface area (Å²) >= 11 is 0. The second-order valence-corrected chi connectivity index (χ2v) is 6.55. The van der Waals surface area contributed by atoms with Crippen LogP contribution in [0.3, 0.4) is 0 Å².